The summed E-state index contributed by atoms with van der Waals surface area (Å²) in [7, 11) is -3.35. The minimum atomic E-state index is -3.35. The number of hydrogen-bond donors (Lipinski definition) is 0. The SMILES string of the molecule is CCN(CC)S(=O)(=O)N1CCN(Cc2ccccc2C#N)CC1. The second kappa shape index (κ2) is 7.88. The van der Waals surface area contributed by atoms with Crippen LogP contribution in [0.15, 0.2) is 24.3 Å². The fraction of sp³-hybridized carbons (Fsp3) is 0.562. The maximum absolute atomic E-state index is 12.5. The Morgan fingerprint density at radius 1 is 1.13 bits per heavy atom. The minimum Gasteiger partial charge on any atom is -0.296 e. The maximum atomic E-state index is 12.5. The monoisotopic (exact) mass is 336 g/mol. The molecule has 0 saturated carbocycles. The lowest BCUT2D eigenvalue weighted by atomic mass is 10.1. The Labute approximate surface area is 139 Å². The van der Waals surface area contributed by atoms with Crippen LogP contribution in [0, 0.1) is 11.3 Å². The summed E-state index contributed by atoms with van der Waals surface area (Å²) >= 11 is 0. The highest BCUT2D eigenvalue weighted by molar-refractivity contribution is 7.86. The predicted molar refractivity (Wildman–Crippen MR) is 89.8 cm³/mol. The van der Waals surface area contributed by atoms with Gasteiger partial charge in [0.25, 0.3) is 10.2 Å². The molecule has 0 bridgehead atoms. The molecule has 1 aliphatic heterocycles. The van der Waals surface area contributed by atoms with E-state index in [1.54, 1.807) is 4.31 Å². The molecule has 1 saturated heterocycles. The lowest BCUT2D eigenvalue weighted by Gasteiger charge is -2.36. The van der Waals surface area contributed by atoms with Crippen LogP contribution in [0.1, 0.15) is 25.0 Å². The van der Waals surface area contributed by atoms with E-state index in [1.807, 2.05) is 38.1 Å². The number of benzene rings is 1. The highest BCUT2D eigenvalue weighted by Crippen LogP contribution is 2.15. The van der Waals surface area contributed by atoms with Crippen LogP contribution in [0.5, 0.6) is 0 Å². The smallest absolute Gasteiger partial charge is 0.282 e. The Morgan fingerprint density at radius 3 is 2.30 bits per heavy atom. The zero-order valence-corrected chi connectivity index (χ0v) is 14.6. The molecule has 6 nitrogen and oxygen atoms in total. The molecule has 7 heteroatoms. The van der Waals surface area contributed by atoms with Crippen molar-refractivity contribution < 1.29 is 8.42 Å². The van der Waals surface area contributed by atoms with E-state index in [9.17, 15) is 8.42 Å². The fourth-order valence-corrected chi connectivity index (χ4v) is 4.44. The van der Waals surface area contributed by atoms with Crippen molar-refractivity contribution in [1.82, 2.24) is 13.5 Å². The largest absolute Gasteiger partial charge is 0.296 e. The van der Waals surface area contributed by atoms with E-state index in [0.29, 0.717) is 51.4 Å². The summed E-state index contributed by atoms with van der Waals surface area (Å²) in [6.45, 7) is 7.74. The Bertz CT molecular complexity index is 657. The maximum Gasteiger partial charge on any atom is 0.282 e. The summed E-state index contributed by atoms with van der Waals surface area (Å²) in [5.41, 5.74) is 1.68. The van der Waals surface area contributed by atoms with Crippen LogP contribution in [0.3, 0.4) is 0 Å². The third-order valence-electron chi connectivity index (χ3n) is 4.22. The molecule has 1 fully saturated rings. The third-order valence-corrected chi connectivity index (χ3v) is 6.41. The number of piperazine rings is 1. The number of rotatable bonds is 6. The first-order chi connectivity index (χ1) is 11.0. The summed E-state index contributed by atoms with van der Waals surface area (Å²) in [4.78, 5) is 2.20. The molecule has 0 radical (unpaired) electrons. The Morgan fingerprint density at radius 2 is 1.74 bits per heavy atom. The molecule has 0 aromatic heterocycles. The fourth-order valence-electron chi connectivity index (χ4n) is 2.84. The summed E-state index contributed by atoms with van der Waals surface area (Å²) < 4.78 is 28.1. The van der Waals surface area contributed by atoms with Crippen LogP contribution in [-0.2, 0) is 16.8 Å². The van der Waals surface area contributed by atoms with E-state index >= 15 is 0 Å². The first-order valence-electron chi connectivity index (χ1n) is 7.98. The van der Waals surface area contributed by atoms with Crippen molar-refractivity contribution in [3.8, 4) is 6.07 Å². The zero-order chi connectivity index (χ0) is 16.9. The van der Waals surface area contributed by atoms with E-state index in [4.69, 9.17) is 5.26 Å². The van der Waals surface area contributed by atoms with Gasteiger partial charge in [-0.15, -0.1) is 0 Å². The van der Waals surface area contributed by atoms with Gasteiger partial charge in [0.05, 0.1) is 11.6 Å². The summed E-state index contributed by atoms with van der Waals surface area (Å²) in [5.74, 6) is 0. The van der Waals surface area contributed by atoms with Gasteiger partial charge in [-0.05, 0) is 11.6 Å². The van der Waals surface area contributed by atoms with Gasteiger partial charge in [-0.1, -0.05) is 32.0 Å². The van der Waals surface area contributed by atoms with Gasteiger partial charge in [0.1, 0.15) is 0 Å². The molecule has 1 heterocycles. The molecule has 2 rings (SSSR count). The van der Waals surface area contributed by atoms with E-state index in [0.717, 1.165) is 5.56 Å². The lowest BCUT2D eigenvalue weighted by molar-refractivity contribution is 0.175. The van der Waals surface area contributed by atoms with Crippen molar-refractivity contribution in [3.05, 3.63) is 35.4 Å². The normalized spacial score (nSPS) is 17.3. The molecule has 0 unspecified atom stereocenters. The Hall–Kier alpha value is -1.46. The second-order valence-electron chi connectivity index (χ2n) is 5.54. The van der Waals surface area contributed by atoms with Gasteiger partial charge in [-0.3, -0.25) is 4.90 Å². The average Bonchev–Trinajstić information content (AvgIpc) is 2.57. The molecule has 0 atom stereocenters. The minimum absolute atomic E-state index is 0.494. The van der Waals surface area contributed by atoms with Crippen molar-refractivity contribution in [2.45, 2.75) is 20.4 Å². The lowest BCUT2D eigenvalue weighted by Crippen LogP contribution is -2.52. The van der Waals surface area contributed by atoms with Crippen molar-refractivity contribution >= 4 is 10.2 Å². The molecule has 23 heavy (non-hydrogen) atoms. The van der Waals surface area contributed by atoms with Crippen molar-refractivity contribution in [2.24, 2.45) is 0 Å². The van der Waals surface area contributed by atoms with Crippen LogP contribution >= 0.6 is 0 Å². The molecular formula is C16H24N4O2S. The van der Waals surface area contributed by atoms with Gasteiger partial charge in [-0.2, -0.15) is 22.3 Å². The number of nitriles is 1. The molecule has 0 spiro atoms. The van der Waals surface area contributed by atoms with E-state index in [2.05, 4.69) is 11.0 Å². The molecule has 1 aromatic rings. The quantitative estimate of drug-likeness (QED) is 0.784. The Balaban J connectivity index is 1.98. The molecule has 1 aliphatic rings. The standard InChI is InChI=1S/C16H24N4O2S/c1-3-19(4-2)23(21,22)20-11-9-18(10-12-20)14-16-8-6-5-7-15(16)13-17/h5-8H,3-4,9-12,14H2,1-2H3. The van der Waals surface area contributed by atoms with Gasteiger partial charge in [0.2, 0.25) is 0 Å². The molecular weight excluding hydrogens is 312 g/mol. The topological polar surface area (TPSA) is 67.7 Å². The first kappa shape index (κ1) is 17.9. The molecule has 1 aromatic carbocycles. The van der Waals surface area contributed by atoms with E-state index in [1.165, 1.54) is 4.31 Å². The zero-order valence-electron chi connectivity index (χ0n) is 13.8. The van der Waals surface area contributed by atoms with Crippen LogP contribution in [0.25, 0.3) is 0 Å². The number of hydrogen-bond acceptors (Lipinski definition) is 4. The van der Waals surface area contributed by atoms with E-state index < -0.39 is 10.2 Å². The van der Waals surface area contributed by atoms with Crippen molar-refractivity contribution in [1.29, 1.82) is 5.26 Å². The first-order valence-corrected chi connectivity index (χ1v) is 9.38. The third kappa shape index (κ3) is 4.09. The Kier molecular flexibility index (Phi) is 6.13. The number of nitrogens with zero attached hydrogens (tertiary/aromatic N) is 4. The van der Waals surface area contributed by atoms with Gasteiger partial charge >= 0.3 is 0 Å². The summed E-state index contributed by atoms with van der Waals surface area (Å²) in [6, 6.07) is 9.77. The van der Waals surface area contributed by atoms with Crippen LogP contribution in [0.4, 0.5) is 0 Å². The van der Waals surface area contributed by atoms with Crippen LogP contribution in [-0.4, -0.2) is 61.2 Å². The molecule has 0 amide bonds. The molecule has 0 N–H and O–H groups in total. The highest BCUT2D eigenvalue weighted by Gasteiger charge is 2.30. The van der Waals surface area contributed by atoms with Gasteiger partial charge in [0.15, 0.2) is 0 Å². The summed E-state index contributed by atoms with van der Waals surface area (Å²) in [6.07, 6.45) is 0. The van der Waals surface area contributed by atoms with Crippen molar-refractivity contribution in [3.63, 3.8) is 0 Å². The molecule has 0 aliphatic carbocycles. The highest BCUT2D eigenvalue weighted by atomic mass is 32.2. The van der Waals surface area contributed by atoms with Crippen LogP contribution in [0.2, 0.25) is 0 Å². The summed E-state index contributed by atoms with van der Waals surface area (Å²) in [5, 5.41) is 9.15. The second-order valence-corrected chi connectivity index (χ2v) is 7.46. The average molecular weight is 336 g/mol. The van der Waals surface area contributed by atoms with Gasteiger partial charge < -0.3 is 0 Å². The van der Waals surface area contributed by atoms with Crippen molar-refractivity contribution in [2.75, 3.05) is 39.3 Å². The van der Waals surface area contributed by atoms with Gasteiger partial charge in [-0.25, -0.2) is 0 Å². The van der Waals surface area contributed by atoms with Crippen LogP contribution < -0.4 is 0 Å². The predicted octanol–water partition coefficient (Wildman–Crippen LogP) is 1.26. The molecule has 126 valence electrons. The van der Waals surface area contributed by atoms with E-state index in [-0.39, 0.29) is 0 Å². The van der Waals surface area contributed by atoms with Gasteiger partial charge in [0, 0.05) is 45.8 Å².